The van der Waals surface area contributed by atoms with Gasteiger partial charge in [-0.25, -0.2) is 4.98 Å². The van der Waals surface area contributed by atoms with Gasteiger partial charge < -0.3 is 4.57 Å². The molecular weight excluding hydrogens is 206 g/mol. The van der Waals surface area contributed by atoms with Gasteiger partial charge in [0.2, 0.25) is 0 Å². The molecule has 0 atom stereocenters. The Labute approximate surface area is 91.9 Å². The first-order chi connectivity index (χ1) is 7.74. The third kappa shape index (κ3) is 1.54. The molecule has 0 unspecified atom stereocenters. The third-order valence-corrected chi connectivity index (χ3v) is 2.97. The van der Waals surface area contributed by atoms with Gasteiger partial charge in [0.1, 0.15) is 0 Å². The standard InChI is InChI=1S/C11H11N3O2/c15-14(16)9-3-4-11-10(5-9)12-7-13(11)6-8-1-2-8/h3-5,7-8H,1-2,6H2. The SMILES string of the molecule is O=[N+]([O-])c1ccc2c(c1)ncn2CC1CC1. The summed E-state index contributed by atoms with van der Waals surface area (Å²) in [4.78, 5) is 14.4. The van der Waals surface area contributed by atoms with Crippen LogP contribution in [0.3, 0.4) is 0 Å². The van der Waals surface area contributed by atoms with Crippen LogP contribution in [0.2, 0.25) is 0 Å². The fraction of sp³-hybridized carbons (Fsp3) is 0.364. The molecule has 1 aromatic heterocycles. The lowest BCUT2D eigenvalue weighted by molar-refractivity contribution is -0.384. The minimum Gasteiger partial charge on any atom is -0.330 e. The molecule has 3 rings (SSSR count). The number of nitrogens with zero attached hydrogens (tertiary/aromatic N) is 3. The van der Waals surface area contributed by atoms with Gasteiger partial charge >= 0.3 is 0 Å². The Kier molecular flexibility index (Phi) is 1.92. The maximum atomic E-state index is 10.6. The minimum absolute atomic E-state index is 0.101. The number of fused-ring (bicyclic) bond motifs is 1. The van der Waals surface area contributed by atoms with E-state index in [0.717, 1.165) is 18.0 Å². The number of nitro benzene ring substituents is 1. The first-order valence-electron chi connectivity index (χ1n) is 5.33. The monoisotopic (exact) mass is 217 g/mol. The Bertz CT molecular complexity index is 557. The molecule has 1 fully saturated rings. The molecule has 82 valence electrons. The van der Waals surface area contributed by atoms with E-state index >= 15 is 0 Å². The Balaban J connectivity index is 2.02. The summed E-state index contributed by atoms with van der Waals surface area (Å²) < 4.78 is 2.08. The van der Waals surface area contributed by atoms with Crippen molar-refractivity contribution in [2.45, 2.75) is 19.4 Å². The van der Waals surface area contributed by atoms with Crippen molar-refractivity contribution in [2.24, 2.45) is 5.92 Å². The van der Waals surface area contributed by atoms with Gasteiger partial charge in [0.15, 0.2) is 0 Å². The van der Waals surface area contributed by atoms with Crippen molar-refractivity contribution in [3.05, 3.63) is 34.6 Å². The second-order valence-corrected chi connectivity index (χ2v) is 4.27. The largest absolute Gasteiger partial charge is 0.330 e. The second kappa shape index (κ2) is 3.30. The highest BCUT2D eigenvalue weighted by Crippen LogP contribution is 2.32. The lowest BCUT2D eigenvalue weighted by atomic mass is 10.2. The summed E-state index contributed by atoms with van der Waals surface area (Å²) in [6.07, 6.45) is 4.34. The Morgan fingerprint density at radius 3 is 3.00 bits per heavy atom. The van der Waals surface area contributed by atoms with Gasteiger partial charge in [-0.05, 0) is 24.8 Å². The highest BCUT2D eigenvalue weighted by Gasteiger charge is 2.22. The first-order valence-corrected chi connectivity index (χ1v) is 5.33. The van der Waals surface area contributed by atoms with Gasteiger partial charge in [-0.1, -0.05) is 0 Å². The van der Waals surface area contributed by atoms with Crippen molar-refractivity contribution < 1.29 is 4.92 Å². The minimum atomic E-state index is -0.390. The van der Waals surface area contributed by atoms with E-state index in [2.05, 4.69) is 9.55 Å². The van der Waals surface area contributed by atoms with Crippen LogP contribution in [0, 0.1) is 16.0 Å². The number of benzene rings is 1. The van der Waals surface area contributed by atoms with E-state index in [4.69, 9.17) is 0 Å². The summed E-state index contributed by atoms with van der Waals surface area (Å²) in [5.41, 5.74) is 1.79. The van der Waals surface area contributed by atoms with Crippen molar-refractivity contribution >= 4 is 16.7 Å². The summed E-state index contributed by atoms with van der Waals surface area (Å²) in [5, 5.41) is 10.6. The number of aromatic nitrogens is 2. The average molecular weight is 217 g/mol. The van der Waals surface area contributed by atoms with Crippen LogP contribution in [0.4, 0.5) is 5.69 Å². The maximum Gasteiger partial charge on any atom is 0.271 e. The molecule has 1 heterocycles. The van der Waals surface area contributed by atoms with Crippen molar-refractivity contribution in [3.8, 4) is 0 Å². The molecule has 1 saturated carbocycles. The van der Waals surface area contributed by atoms with E-state index in [1.807, 2.05) is 0 Å². The van der Waals surface area contributed by atoms with E-state index in [-0.39, 0.29) is 10.6 Å². The van der Waals surface area contributed by atoms with Gasteiger partial charge in [-0.3, -0.25) is 10.1 Å². The smallest absolute Gasteiger partial charge is 0.271 e. The zero-order valence-electron chi connectivity index (χ0n) is 8.67. The molecule has 0 aliphatic heterocycles. The molecule has 1 aliphatic carbocycles. The van der Waals surface area contributed by atoms with E-state index in [1.54, 1.807) is 12.4 Å². The average Bonchev–Trinajstić information content (AvgIpc) is 2.99. The molecule has 0 saturated heterocycles. The highest BCUT2D eigenvalue weighted by atomic mass is 16.6. The quantitative estimate of drug-likeness (QED) is 0.585. The predicted octanol–water partition coefficient (Wildman–Crippen LogP) is 2.35. The summed E-state index contributed by atoms with van der Waals surface area (Å²) in [7, 11) is 0. The zero-order chi connectivity index (χ0) is 11.1. The fourth-order valence-electron chi connectivity index (χ4n) is 1.89. The van der Waals surface area contributed by atoms with Crippen LogP contribution < -0.4 is 0 Å². The van der Waals surface area contributed by atoms with E-state index in [0.29, 0.717) is 5.52 Å². The summed E-state index contributed by atoms with van der Waals surface area (Å²) in [5.74, 6) is 0.771. The van der Waals surface area contributed by atoms with E-state index in [9.17, 15) is 10.1 Å². The number of rotatable bonds is 3. The van der Waals surface area contributed by atoms with Gasteiger partial charge in [0.25, 0.3) is 5.69 Å². The van der Waals surface area contributed by atoms with Crippen LogP contribution in [0.5, 0.6) is 0 Å². The molecule has 5 heteroatoms. The summed E-state index contributed by atoms with van der Waals surface area (Å²) in [6, 6.07) is 4.84. The first kappa shape index (κ1) is 9.33. The number of nitro groups is 1. The lowest BCUT2D eigenvalue weighted by Gasteiger charge is -2.01. The fourth-order valence-corrected chi connectivity index (χ4v) is 1.89. The van der Waals surface area contributed by atoms with Gasteiger partial charge in [0, 0.05) is 18.7 Å². The molecule has 0 bridgehead atoms. The Hall–Kier alpha value is -1.91. The molecular formula is C11H11N3O2. The summed E-state index contributed by atoms with van der Waals surface area (Å²) in [6.45, 7) is 0.980. The van der Waals surface area contributed by atoms with Gasteiger partial charge in [-0.2, -0.15) is 0 Å². The number of imidazole rings is 1. The number of hydrogen-bond acceptors (Lipinski definition) is 3. The van der Waals surface area contributed by atoms with E-state index in [1.165, 1.54) is 25.0 Å². The molecule has 0 amide bonds. The highest BCUT2D eigenvalue weighted by molar-refractivity contribution is 5.77. The van der Waals surface area contributed by atoms with Crippen molar-refractivity contribution in [3.63, 3.8) is 0 Å². The second-order valence-electron chi connectivity index (χ2n) is 4.27. The molecule has 0 spiro atoms. The van der Waals surface area contributed by atoms with E-state index < -0.39 is 0 Å². The van der Waals surface area contributed by atoms with Crippen LogP contribution in [0.25, 0.3) is 11.0 Å². The maximum absolute atomic E-state index is 10.6. The molecule has 1 aliphatic rings. The molecule has 0 radical (unpaired) electrons. The van der Waals surface area contributed by atoms with Gasteiger partial charge in [0.05, 0.1) is 22.3 Å². The van der Waals surface area contributed by atoms with Crippen molar-refractivity contribution in [1.82, 2.24) is 9.55 Å². The topological polar surface area (TPSA) is 61.0 Å². The molecule has 5 nitrogen and oxygen atoms in total. The number of hydrogen-bond donors (Lipinski definition) is 0. The zero-order valence-corrected chi connectivity index (χ0v) is 8.67. The van der Waals surface area contributed by atoms with Crippen LogP contribution in [0.15, 0.2) is 24.5 Å². The van der Waals surface area contributed by atoms with Crippen LogP contribution >= 0.6 is 0 Å². The molecule has 2 aromatic rings. The molecule has 1 aromatic carbocycles. The van der Waals surface area contributed by atoms with Crippen molar-refractivity contribution in [2.75, 3.05) is 0 Å². The Morgan fingerprint density at radius 2 is 2.31 bits per heavy atom. The van der Waals surface area contributed by atoms with Crippen LogP contribution in [-0.2, 0) is 6.54 Å². The Morgan fingerprint density at radius 1 is 1.50 bits per heavy atom. The van der Waals surface area contributed by atoms with Crippen LogP contribution in [0.1, 0.15) is 12.8 Å². The van der Waals surface area contributed by atoms with Gasteiger partial charge in [-0.15, -0.1) is 0 Å². The normalized spacial score (nSPS) is 15.5. The molecule has 16 heavy (non-hydrogen) atoms. The molecule has 0 N–H and O–H groups in total. The lowest BCUT2D eigenvalue weighted by Crippen LogP contribution is -1.97. The predicted molar refractivity (Wildman–Crippen MR) is 59.1 cm³/mol. The van der Waals surface area contributed by atoms with Crippen molar-refractivity contribution in [1.29, 1.82) is 0 Å². The van der Waals surface area contributed by atoms with Crippen LogP contribution in [-0.4, -0.2) is 14.5 Å². The third-order valence-electron chi connectivity index (χ3n) is 2.97. The number of non-ortho nitro benzene ring substituents is 1. The summed E-state index contributed by atoms with van der Waals surface area (Å²) >= 11 is 0.